The normalized spacial score (nSPS) is 11.5. The van der Waals surface area contributed by atoms with Crippen molar-refractivity contribution in [1.82, 2.24) is 15.5 Å². The molecule has 0 radical (unpaired) electrons. The first-order valence-electron chi connectivity index (χ1n) is 6.03. The number of hydrogen-bond acceptors (Lipinski definition) is 4. The Hall–Kier alpha value is -1.57. The zero-order valence-electron chi connectivity index (χ0n) is 10.9. The first kappa shape index (κ1) is 14.8. The van der Waals surface area contributed by atoms with E-state index in [-0.39, 0.29) is 4.90 Å². The summed E-state index contributed by atoms with van der Waals surface area (Å²) in [5.74, 6) is 0. The van der Waals surface area contributed by atoms with E-state index < -0.39 is 10.0 Å². The Morgan fingerprint density at radius 3 is 2.80 bits per heavy atom. The third-order valence-corrected chi connectivity index (χ3v) is 4.38. The van der Waals surface area contributed by atoms with Crippen LogP contribution in [0.15, 0.2) is 35.5 Å². The molecule has 0 fully saturated rings. The summed E-state index contributed by atoms with van der Waals surface area (Å²) in [5, 5.41) is 9.77. The van der Waals surface area contributed by atoms with Gasteiger partial charge in [-0.2, -0.15) is 5.10 Å². The van der Waals surface area contributed by atoms with Gasteiger partial charge in [-0.1, -0.05) is 24.6 Å². The first-order chi connectivity index (χ1) is 9.53. The summed E-state index contributed by atoms with van der Waals surface area (Å²) >= 11 is 6.10. The molecule has 108 valence electrons. The molecule has 1 aromatic heterocycles. The Morgan fingerprint density at radius 1 is 1.40 bits per heavy atom. The molecule has 20 heavy (non-hydrogen) atoms. The van der Waals surface area contributed by atoms with E-state index in [1.54, 1.807) is 6.07 Å². The van der Waals surface area contributed by atoms with Crippen LogP contribution in [0.3, 0.4) is 0 Å². The number of rotatable bonds is 6. The Balaban J connectivity index is 2.22. The highest BCUT2D eigenvalue weighted by molar-refractivity contribution is 7.92. The molecule has 0 saturated heterocycles. The standard InChI is InChI=1S/C12H15ClN4O2S/c1-2-14-6-9-3-4-11(5-12(9)13)20(18,19)17-10-7-15-16-8-10/h3-5,7-8,14,17H,2,6H2,1H3,(H,15,16). The second-order valence-electron chi connectivity index (χ2n) is 4.13. The Morgan fingerprint density at radius 2 is 2.20 bits per heavy atom. The van der Waals surface area contributed by atoms with Crippen molar-refractivity contribution >= 4 is 27.3 Å². The quantitative estimate of drug-likeness (QED) is 0.761. The molecule has 1 aromatic carbocycles. The van der Waals surface area contributed by atoms with Crippen LogP contribution in [0.2, 0.25) is 5.02 Å². The lowest BCUT2D eigenvalue weighted by Gasteiger charge is -2.09. The van der Waals surface area contributed by atoms with Crippen LogP contribution < -0.4 is 10.0 Å². The van der Waals surface area contributed by atoms with Gasteiger partial charge in [0.05, 0.1) is 16.8 Å². The average molecular weight is 315 g/mol. The minimum absolute atomic E-state index is 0.115. The predicted molar refractivity (Wildman–Crippen MR) is 78.2 cm³/mol. The van der Waals surface area contributed by atoms with Gasteiger partial charge in [-0.25, -0.2) is 8.42 Å². The lowest BCUT2D eigenvalue weighted by atomic mass is 10.2. The van der Waals surface area contributed by atoms with Gasteiger partial charge in [0.2, 0.25) is 0 Å². The number of benzene rings is 1. The molecule has 6 nitrogen and oxygen atoms in total. The smallest absolute Gasteiger partial charge is 0.262 e. The van der Waals surface area contributed by atoms with Gasteiger partial charge in [0.1, 0.15) is 0 Å². The summed E-state index contributed by atoms with van der Waals surface area (Å²) in [6.07, 6.45) is 2.84. The van der Waals surface area contributed by atoms with E-state index >= 15 is 0 Å². The molecule has 0 saturated carbocycles. The zero-order valence-corrected chi connectivity index (χ0v) is 12.4. The number of hydrogen-bond donors (Lipinski definition) is 3. The van der Waals surface area contributed by atoms with Gasteiger partial charge < -0.3 is 5.32 Å². The fourth-order valence-corrected chi connectivity index (χ4v) is 2.99. The number of aromatic nitrogens is 2. The third-order valence-electron chi connectivity index (χ3n) is 2.65. The number of H-pyrrole nitrogens is 1. The maximum Gasteiger partial charge on any atom is 0.262 e. The van der Waals surface area contributed by atoms with Gasteiger partial charge >= 0.3 is 0 Å². The van der Waals surface area contributed by atoms with Crippen molar-refractivity contribution in [3.8, 4) is 0 Å². The van der Waals surface area contributed by atoms with Crippen LogP contribution in [0.1, 0.15) is 12.5 Å². The highest BCUT2D eigenvalue weighted by atomic mass is 35.5. The van der Waals surface area contributed by atoms with Crippen molar-refractivity contribution in [2.75, 3.05) is 11.3 Å². The van der Waals surface area contributed by atoms with E-state index in [4.69, 9.17) is 11.6 Å². The molecule has 1 heterocycles. The number of nitrogens with zero attached hydrogens (tertiary/aromatic N) is 1. The number of sulfonamides is 1. The lowest BCUT2D eigenvalue weighted by Crippen LogP contribution is -2.14. The van der Waals surface area contributed by atoms with E-state index in [0.29, 0.717) is 17.3 Å². The molecule has 0 atom stereocenters. The van der Waals surface area contributed by atoms with Crippen molar-refractivity contribution in [3.63, 3.8) is 0 Å². The molecule has 8 heteroatoms. The molecule has 2 aromatic rings. The molecule has 0 bridgehead atoms. The van der Waals surface area contributed by atoms with Crippen molar-refractivity contribution in [3.05, 3.63) is 41.2 Å². The fraction of sp³-hybridized carbons (Fsp3) is 0.250. The van der Waals surface area contributed by atoms with Crippen LogP contribution in [0.4, 0.5) is 5.69 Å². The van der Waals surface area contributed by atoms with Gasteiger partial charge in [-0.15, -0.1) is 0 Å². The summed E-state index contributed by atoms with van der Waals surface area (Å²) < 4.78 is 26.7. The van der Waals surface area contributed by atoms with Crippen molar-refractivity contribution in [2.24, 2.45) is 0 Å². The SMILES string of the molecule is CCNCc1ccc(S(=O)(=O)Nc2cn[nH]c2)cc1Cl. The van der Waals surface area contributed by atoms with Gasteiger partial charge in [0.25, 0.3) is 10.0 Å². The molecule has 0 aliphatic carbocycles. The largest absolute Gasteiger partial charge is 0.313 e. The number of nitrogens with one attached hydrogen (secondary N) is 3. The molecule has 0 unspecified atom stereocenters. The second-order valence-corrected chi connectivity index (χ2v) is 6.22. The van der Waals surface area contributed by atoms with E-state index in [0.717, 1.165) is 12.1 Å². The highest BCUT2D eigenvalue weighted by Gasteiger charge is 2.16. The topological polar surface area (TPSA) is 86.9 Å². The van der Waals surface area contributed by atoms with Crippen LogP contribution in [0.25, 0.3) is 0 Å². The average Bonchev–Trinajstić information content (AvgIpc) is 2.89. The van der Waals surface area contributed by atoms with Crippen molar-refractivity contribution < 1.29 is 8.42 Å². The minimum atomic E-state index is -3.66. The number of halogens is 1. The van der Waals surface area contributed by atoms with Gasteiger partial charge in [0.15, 0.2) is 0 Å². The summed E-state index contributed by atoms with van der Waals surface area (Å²) in [4.78, 5) is 0.115. The van der Waals surface area contributed by atoms with Crippen LogP contribution in [-0.2, 0) is 16.6 Å². The molecular formula is C12H15ClN4O2S. The number of aromatic amines is 1. The monoisotopic (exact) mass is 314 g/mol. The minimum Gasteiger partial charge on any atom is -0.313 e. The van der Waals surface area contributed by atoms with Crippen molar-refractivity contribution in [2.45, 2.75) is 18.4 Å². The third kappa shape index (κ3) is 3.50. The van der Waals surface area contributed by atoms with E-state index in [1.165, 1.54) is 24.5 Å². The summed E-state index contributed by atoms with van der Waals surface area (Å²) in [6.45, 7) is 3.41. The Bertz CT molecular complexity index is 671. The molecule has 3 N–H and O–H groups in total. The molecule has 0 aliphatic heterocycles. The zero-order chi connectivity index (χ0) is 14.6. The van der Waals surface area contributed by atoms with Crippen LogP contribution in [0, 0.1) is 0 Å². The Labute approximate surface area is 122 Å². The second kappa shape index (κ2) is 6.25. The molecule has 0 spiro atoms. The van der Waals surface area contributed by atoms with Gasteiger partial charge in [-0.05, 0) is 24.2 Å². The summed E-state index contributed by atoms with van der Waals surface area (Å²) in [6, 6.07) is 4.67. The molecular weight excluding hydrogens is 300 g/mol. The molecule has 2 rings (SSSR count). The molecule has 0 amide bonds. The maximum absolute atomic E-state index is 12.2. The van der Waals surface area contributed by atoms with Gasteiger partial charge in [0, 0.05) is 17.8 Å². The Kier molecular flexibility index (Phi) is 4.64. The first-order valence-corrected chi connectivity index (χ1v) is 7.90. The van der Waals surface area contributed by atoms with Gasteiger partial charge in [-0.3, -0.25) is 9.82 Å². The summed E-state index contributed by atoms with van der Waals surface area (Å²) in [5.41, 5.74) is 1.23. The van der Waals surface area contributed by atoms with Crippen LogP contribution >= 0.6 is 11.6 Å². The lowest BCUT2D eigenvalue weighted by molar-refractivity contribution is 0.601. The highest BCUT2D eigenvalue weighted by Crippen LogP contribution is 2.22. The van der Waals surface area contributed by atoms with Crippen molar-refractivity contribution in [1.29, 1.82) is 0 Å². The van der Waals surface area contributed by atoms with E-state index in [9.17, 15) is 8.42 Å². The van der Waals surface area contributed by atoms with Crippen LogP contribution in [-0.4, -0.2) is 25.2 Å². The summed E-state index contributed by atoms with van der Waals surface area (Å²) in [7, 11) is -3.66. The van der Waals surface area contributed by atoms with Crippen LogP contribution in [0.5, 0.6) is 0 Å². The predicted octanol–water partition coefficient (Wildman–Crippen LogP) is 1.97. The van der Waals surface area contributed by atoms with E-state index in [1.807, 2.05) is 6.92 Å². The van der Waals surface area contributed by atoms with E-state index in [2.05, 4.69) is 20.2 Å². The fourth-order valence-electron chi connectivity index (χ4n) is 1.62. The maximum atomic E-state index is 12.2. The molecule has 0 aliphatic rings. The number of anilines is 1.